The molecule has 1 N–H and O–H groups in total. The van der Waals surface area contributed by atoms with Gasteiger partial charge in [-0.15, -0.1) is 0 Å². The third-order valence-electron chi connectivity index (χ3n) is 5.08. The molecule has 2 unspecified atom stereocenters. The van der Waals surface area contributed by atoms with Gasteiger partial charge < -0.3 is 10.2 Å². The van der Waals surface area contributed by atoms with Crippen LogP contribution in [0, 0.1) is 13.8 Å². The van der Waals surface area contributed by atoms with Crippen molar-refractivity contribution in [2.75, 3.05) is 11.4 Å². The first-order chi connectivity index (χ1) is 9.20. The average Bonchev–Trinajstić information content (AvgIpc) is 2.65. The number of aryl methyl sites for hydroxylation is 1. The molecule has 0 aliphatic carbocycles. The van der Waals surface area contributed by atoms with E-state index in [1.54, 1.807) is 0 Å². The molecule has 0 amide bonds. The number of nitrogens with zero attached hydrogens (tertiary/aromatic N) is 1. The van der Waals surface area contributed by atoms with Crippen molar-refractivity contribution < 1.29 is 0 Å². The van der Waals surface area contributed by atoms with Crippen LogP contribution in [0.3, 0.4) is 0 Å². The molecule has 2 heteroatoms. The number of rotatable bonds is 3. The maximum atomic E-state index is 3.66. The fourth-order valence-electron chi connectivity index (χ4n) is 4.04. The molecular weight excluding hydrogens is 232 g/mol. The lowest BCUT2D eigenvalue weighted by Crippen LogP contribution is -2.49. The van der Waals surface area contributed by atoms with Crippen molar-refractivity contribution in [2.24, 2.45) is 0 Å². The van der Waals surface area contributed by atoms with Gasteiger partial charge in [0.1, 0.15) is 0 Å². The number of fused-ring (bicyclic) bond motifs is 2. The molecule has 1 aromatic rings. The molecule has 2 aliphatic rings. The smallest absolute Gasteiger partial charge is 0.0403 e. The van der Waals surface area contributed by atoms with Gasteiger partial charge in [-0.1, -0.05) is 19.1 Å². The van der Waals surface area contributed by atoms with E-state index in [4.69, 9.17) is 0 Å². The van der Waals surface area contributed by atoms with E-state index in [1.807, 2.05) is 0 Å². The summed E-state index contributed by atoms with van der Waals surface area (Å²) in [6.45, 7) is 7.83. The van der Waals surface area contributed by atoms with Crippen molar-refractivity contribution in [3.8, 4) is 0 Å². The minimum Gasteiger partial charge on any atom is -0.365 e. The van der Waals surface area contributed by atoms with Crippen LogP contribution in [0.2, 0.25) is 0 Å². The van der Waals surface area contributed by atoms with E-state index >= 15 is 0 Å². The Hall–Kier alpha value is -1.02. The Morgan fingerprint density at radius 1 is 1.16 bits per heavy atom. The van der Waals surface area contributed by atoms with Crippen molar-refractivity contribution in [3.05, 3.63) is 29.3 Å². The fourth-order valence-corrected chi connectivity index (χ4v) is 4.04. The summed E-state index contributed by atoms with van der Waals surface area (Å²) in [7, 11) is 0. The van der Waals surface area contributed by atoms with Crippen LogP contribution in [0.4, 0.5) is 5.69 Å². The Morgan fingerprint density at radius 2 is 1.84 bits per heavy atom. The van der Waals surface area contributed by atoms with E-state index in [2.05, 4.69) is 49.2 Å². The number of piperidine rings is 1. The third-order valence-corrected chi connectivity index (χ3v) is 5.08. The molecule has 2 atom stereocenters. The lowest BCUT2D eigenvalue weighted by atomic mass is 9.95. The van der Waals surface area contributed by atoms with E-state index in [1.165, 1.54) is 42.5 Å². The predicted octanol–water partition coefficient (Wildman–Crippen LogP) is 3.41. The summed E-state index contributed by atoms with van der Waals surface area (Å²) in [6.07, 6.45) is 5.38. The summed E-state index contributed by atoms with van der Waals surface area (Å²) in [6, 6.07) is 9.01. The van der Waals surface area contributed by atoms with E-state index in [0.717, 1.165) is 24.7 Å². The van der Waals surface area contributed by atoms with Gasteiger partial charge in [0.25, 0.3) is 0 Å². The van der Waals surface area contributed by atoms with E-state index in [0.29, 0.717) is 0 Å². The maximum absolute atomic E-state index is 3.66. The molecule has 2 fully saturated rings. The number of benzene rings is 1. The zero-order valence-corrected chi connectivity index (χ0v) is 12.4. The van der Waals surface area contributed by atoms with Gasteiger partial charge in [0.15, 0.2) is 0 Å². The van der Waals surface area contributed by atoms with Gasteiger partial charge in [-0.05, 0) is 63.3 Å². The largest absolute Gasteiger partial charge is 0.365 e. The van der Waals surface area contributed by atoms with Gasteiger partial charge >= 0.3 is 0 Å². The summed E-state index contributed by atoms with van der Waals surface area (Å²) in [5.74, 6) is 0. The van der Waals surface area contributed by atoms with Gasteiger partial charge in [0.05, 0.1) is 0 Å². The Labute approximate surface area is 117 Å². The molecule has 0 spiro atoms. The van der Waals surface area contributed by atoms with Crippen LogP contribution in [0.25, 0.3) is 0 Å². The number of hydrogen-bond acceptors (Lipinski definition) is 2. The van der Waals surface area contributed by atoms with Crippen molar-refractivity contribution in [1.82, 2.24) is 5.32 Å². The molecule has 2 nitrogen and oxygen atoms in total. The molecule has 2 aliphatic heterocycles. The Kier molecular flexibility index (Phi) is 3.53. The molecule has 0 saturated carbocycles. The van der Waals surface area contributed by atoms with Crippen LogP contribution in [-0.2, 0) is 0 Å². The second-order valence-electron chi connectivity index (χ2n) is 6.24. The van der Waals surface area contributed by atoms with Crippen LogP contribution < -0.4 is 10.2 Å². The minimum atomic E-state index is 0.740. The molecule has 3 rings (SSSR count). The summed E-state index contributed by atoms with van der Waals surface area (Å²) in [5, 5.41) is 3.66. The Bertz CT molecular complexity index is 441. The first kappa shape index (κ1) is 13.0. The molecule has 0 radical (unpaired) electrons. The lowest BCUT2D eigenvalue weighted by Gasteiger charge is -2.41. The predicted molar refractivity (Wildman–Crippen MR) is 81.9 cm³/mol. The molecule has 0 aromatic heterocycles. The summed E-state index contributed by atoms with van der Waals surface area (Å²) in [4.78, 5) is 2.73. The van der Waals surface area contributed by atoms with Crippen LogP contribution in [0.1, 0.15) is 43.7 Å². The van der Waals surface area contributed by atoms with E-state index in [9.17, 15) is 0 Å². The standard InChI is InChI=1S/C17H26N2/c1-4-18-14-10-15-8-9-16(11-14)19(15)17-7-5-6-12(2)13(17)3/h5-7,14-16,18H,4,8-11H2,1-3H3. The summed E-state index contributed by atoms with van der Waals surface area (Å²) in [5.41, 5.74) is 4.38. The van der Waals surface area contributed by atoms with Gasteiger partial charge in [0, 0.05) is 23.8 Å². The molecule has 1 aromatic carbocycles. The second kappa shape index (κ2) is 5.16. The van der Waals surface area contributed by atoms with Gasteiger partial charge in [-0.25, -0.2) is 0 Å². The van der Waals surface area contributed by atoms with Crippen molar-refractivity contribution >= 4 is 5.69 Å². The number of anilines is 1. The van der Waals surface area contributed by atoms with Crippen LogP contribution in [0.5, 0.6) is 0 Å². The number of hydrogen-bond donors (Lipinski definition) is 1. The fraction of sp³-hybridized carbons (Fsp3) is 0.647. The highest BCUT2D eigenvalue weighted by molar-refractivity contribution is 5.58. The SMILES string of the molecule is CCNC1CC2CCC(C1)N2c1cccc(C)c1C. The minimum absolute atomic E-state index is 0.740. The van der Waals surface area contributed by atoms with Gasteiger partial charge in [-0.3, -0.25) is 0 Å². The van der Waals surface area contributed by atoms with Gasteiger partial charge in [0.2, 0.25) is 0 Å². The molecule has 2 saturated heterocycles. The van der Waals surface area contributed by atoms with E-state index in [-0.39, 0.29) is 0 Å². The lowest BCUT2D eigenvalue weighted by molar-refractivity contribution is 0.361. The average molecular weight is 258 g/mol. The van der Waals surface area contributed by atoms with Crippen molar-refractivity contribution in [3.63, 3.8) is 0 Å². The number of nitrogens with one attached hydrogen (secondary N) is 1. The quantitative estimate of drug-likeness (QED) is 0.894. The monoisotopic (exact) mass is 258 g/mol. The zero-order valence-electron chi connectivity index (χ0n) is 12.4. The molecule has 2 bridgehead atoms. The van der Waals surface area contributed by atoms with Crippen LogP contribution in [0.15, 0.2) is 18.2 Å². The second-order valence-corrected chi connectivity index (χ2v) is 6.24. The van der Waals surface area contributed by atoms with Crippen LogP contribution >= 0.6 is 0 Å². The normalized spacial score (nSPS) is 29.8. The third kappa shape index (κ3) is 2.27. The van der Waals surface area contributed by atoms with Gasteiger partial charge in [-0.2, -0.15) is 0 Å². The first-order valence-electron chi connectivity index (χ1n) is 7.78. The Balaban J connectivity index is 1.85. The van der Waals surface area contributed by atoms with Crippen molar-refractivity contribution in [1.29, 1.82) is 0 Å². The molecule has 104 valence electrons. The van der Waals surface area contributed by atoms with Crippen LogP contribution in [-0.4, -0.2) is 24.7 Å². The van der Waals surface area contributed by atoms with E-state index < -0.39 is 0 Å². The zero-order chi connectivity index (χ0) is 13.4. The highest BCUT2D eigenvalue weighted by atomic mass is 15.2. The highest BCUT2D eigenvalue weighted by Crippen LogP contribution is 2.40. The molecule has 19 heavy (non-hydrogen) atoms. The maximum Gasteiger partial charge on any atom is 0.0403 e. The topological polar surface area (TPSA) is 15.3 Å². The molecule has 2 heterocycles. The van der Waals surface area contributed by atoms with Crippen molar-refractivity contribution in [2.45, 2.75) is 64.6 Å². The summed E-state index contributed by atoms with van der Waals surface area (Å²) < 4.78 is 0. The Morgan fingerprint density at radius 3 is 2.47 bits per heavy atom. The molecular formula is C17H26N2. The first-order valence-corrected chi connectivity index (χ1v) is 7.78. The summed E-state index contributed by atoms with van der Waals surface area (Å²) >= 11 is 0. The highest BCUT2D eigenvalue weighted by Gasteiger charge is 2.40.